The lowest BCUT2D eigenvalue weighted by atomic mass is 10.1. The maximum absolute atomic E-state index is 12.8. The normalized spacial score (nSPS) is 11.6. The molecule has 4 aromatic rings. The van der Waals surface area contributed by atoms with Crippen LogP contribution in [-0.4, -0.2) is 24.5 Å². The number of amides is 1. The fourth-order valence-electron chi connectivity index (χ4n) is 3.12. The first kappa shape index (κ1) is 21.0. The van der Waals surface area contributed by atoms with Crippen LogP contribution in [0.3, 0.4) is 0 Å². The van der Waals surface area contributed by atoms with Gasteiger partial charge in [0.2, 0.25) is 0 Å². The molecule has 0 saturated carbocycles. The van der Waals surface area contributed by atoms with Crippen LogP contribution in [0.2, 0.25) is 0 Å². The summed E-state index contributed by atoms with van der Waals surface area (Å²) in [5.74, 6) is -1.34. The number of aromatic hydroxyl groups is 2. The SMILES string of the molecule is O=C(N=Nc1cc(NS(=O)(=O)c2ccccc2)c2ccccc2c1O)c1ccccc1O. The minimum absolute atomic E-state index is 0.0541. The van der Waals surface area contributed by atoms with Crippen LogP contribution in [0.5, 0.6) is 11.5 Å². The van der Waals surface area contributed by atoms with Gasteiger partial charge in [0.1, 0.15) is 11.4 Å². The van der Waals surface area contributed by atoms with Crippen molar-refractivity contribution in [2.45, 2.75) is 4.90 Å². The highest BCUT2D eigenvalue weighted by atomic mass is 32.2. The second-order valence-corrected chi connectivity index (χ2v) is 8.46. The van der Waals surface area contributed by atoms with E-state index in [1.54, 1.807) is 54.6 Å². The number of azo groups is 1. The predicted octanol–water partition coefficient (Wildman–Crippen LogP) is 4.98. The largest absolute Gasteiger partial charge is 0.507 e. The molecule has 0 atom stereocenters. The van der Waals surface area contributed by atoms with Crippen molar-refractivity contribution in [3.8, 4) is 11.5 Å². The van der Waals surface area contributed by atoms with Crippen molar-refractivity contribution in [1.29, 1.82) is 0 Å². The molecule has 8 nitrogen and oxygen atoms in total. The molecule has 0 unspecified atom stereocenters. The molecule has 4 rings (SSSR count). The Labute approximate surface area is 183 Å². The van der Waals surface area contributed by atoms with Crippen LogP contribution >= 0.6 is 0 Å². The number of phenolic OH excluding ortho intramolecular Hbond substituents is 2. The number of hydrogen-bond donors (Lipinski definition) is 3. The van der Waals surface area contributed by atoms with Gasteiger partial charge in [-0.1, -0.05) is 54.6 Å². The third-order valence-electron chi connectivity index (χ3n) is 4.68. The molecule has 3 N–H and O–H groups in total. The summed E-state index contributed by atoms with van der Waals surface area (Å²) in [6.07, 6.45) is 0. The van der Waals surface area contributed by atoms with Crippen molar-refractivity contribution in [3.63, 3.8) is 0 Å². The number of fused-ring (bicyclic) bond motifs is 1. The van der Waals surface area contributed by atoms with Crippen molar-refractivity contribution in [2.24, 2.45) is 10.2 Å². The molecular weight excluding hydrogens is 430 g/mol. The summed E-state index contributed by atoms with van der Waals surface area (Å²) in [4.78, 5) is 12.4. The van der Waals surface area contributed by atoms with Gasteiger partial charge in [-0.3, -0.25) is 9.52 Å². The van der Waals surface area contributed by atoms with E-state index in [0.717, 1.165) is 0 Å². The van der Waals surface area contributed by atoms with Crippen LogP contribution in [0.1, 0.15) is 10.4 Å². The minimum atomic E-state index is -3.92. The fraction of sp³-hybridized carbons (Fsp3) is 0. The van der Waals surface area contributed by atoms with E-state index >= 15 is 0 Å². The Bertz CT molecular complexity index is 1450. The van der Waals surface area contributed by atoms with E-state index in [2.05, 4.69) is 15.0 Å². The van der Waals surface area contributed by atoms with Gasteiger partial charge in [0.25, 0.3) is 15.9 Å². The zero-order valence-electron chi connectivity index (χ0n) is 16.5. The van der Waals surface area contributed by atoms with Gasteiger partial charge >= 0.3 is 0 Å². The Morgan fingerprint density at radius 3 is 2.16 bits per heavy atom. The molecule has 4 aromatic carbocycles. The Hall–Kier alpha value is -4.24. The number of nitrogens with zero attached hydrogens (tertiary/aromatic N) is 2. The molecule has 0 radical (unpaired) electrons. The summed E-state index contributed by atoms with van der Waals surface area (Å²) in [5.41, 5.74) is -0.00836. The summed E-state index contributed by atoms with van der Waals surface area (Å²) in [5, 5.41) is 28.6. The first-order chi connectivity index (χ1) is 15.4. The molecule has 0 heterocycles. The monoisotopic (exact) mass is 447 g/mol. The predicted molar refractivity (Wildman–Crippen MR) is 120 cm³/mol. The van der Waals surface area contributed by atoms with Crippen LogP contribution in [0.4, 0.5) is 11.4 Å². The molecule has 32 heavy (non-hydrogen) atoms. The second kappa shape index (κ2) is 8.48. The second-order valence-electron chi connectivity index (χ2n) is 6.78. The zero-order valence-corrected chi connectivity index (χ0v) is 17.3. The molecule has 0 aliphatic carbocycles. The summed E-state index contributed by atoms with van der Waals surface area (Å²) in [6, 6.07) is 21.6. The molecule has 0 bridgehead atoms. The first-order valence-corrected chi connectivity index (χ1v) is 10.9. The number of para-hydroxylation sites is 1. The molecule has 9 heteroatoms. The smallest absolute Gasteiger partial charge is 0.299 e. The Morgan fingerprint density at radius 1 is 0.812 bits per heavy atom. The highest BCUT2D eigenvalue weighted by Gasteiger charge is 2.18. The van der Waals surface area contributed by atoms with Crippen LogP contribution < -0.4 is 4.72 Å². The average Bonchev–Trinajstić information content (AvgIpc) is 2.80. The number of anilines is 1. The lowest BCUT2D eigenvalue weighted by Crippen LogP contribution is -2.13. The van der Waals surface area contributed by atoms with E-state index in [-0.39, 0.29) is 33.3 Å². The van der Waals surface area contributed by atoms with Gasteiger partial charge in [0, 0.05) is 10.8 Å². The summed E-state index contributed by atoms with van der Waals surface area (Å²) < 4.78 is 28.1. The van der Waals surface area contributed by atoms with Gasteiger partial charge in [-0.15, -0.1) is 10.2 Å². The molecule has 160 valence electrons. The number of carbonyl (C=O) groups excluding carboxylic acids is 1. The first-order valence-electron chi connectivity index (χ1n) is 9.43. The Morgan fingerprint density at radius 2 is 1.44 bits per heavy atom. The number of phenols is 2. The van der Waals surface area contributed by atoms with Gasteiger partial charge in [-0.2, -0.15) is 0 Å². The number of rotatable bonds is 5. The highest BCUT2D eigenvalue weighted by molar-refractivity contribution is 7.92. The lowest BCUT2D eigenvalue weighted by Gasteiger charge is -2.13. The maximum atomic E-state index is 12.8. The van der Waals surface area contributed by atoms with Crippen molar-refractivity contribution in [1.82, 2.24) is 0 Å². The van der Waals surface area contributed by atoms with Crippen LogP contribution in [-0.2, 0) is 10.0 Å². The van der Waals surface area contributed by atoms with E-state index in [9.17, 15) is 23.4 Å². The van der Waals surface area contributed by atoms with Gasteiger partial charge in [-0.05, 0) is 30.3 Å². The highest BCUT2D eigenvalue weighted by Crippen LogP contribution is 2.40. The minimum Gasteiger partial charge on any atom is -0.507 e. The number of nitrogens with one attached hydrogen (secondary N) is 1. The van der Waals surface area contributed by atoms with Gasteiger partial charge in [0.05, 0.1) is 16.1 Å². The third-order valence-corrected chi connectivity index (χ3v) is 6.06. The van der Waals surface area contributed by atoms with E-state index in [1.165, 1.54) is 30.3 Å². The van der Waals surface area contributed by atoms with Crippen LogP contribution in [0, 0.1) is 0 Å². The molecule has 0 saturated heterocycles. The van der Waals surface area contributed by atoms with Gasteiger partial charge in [0.15, 0.2) is 5.75 Å². The lowest BCUT2D eigenvalue weighted by molar-refractivity contribution is 0.0992. The standard InChI is InChI=1S/C23H17N3O5S/c27-21-13-7-6-12-18(21)23(29)25-24-20-14-19(16-10-4-5-11-17(16)22(20)28)26-32(30,31)15-8-2-1-3-9-15/h1-14,26-28H. The van der Waals surface area contributed by atoms with E-state index in [4.69, 9.17) is 0 Å². The van der Waals surface area contributed by atoms with Crippen LogP contribution in [0.15, 0.2) is 100 Å². The molecule has 0 fully saturated rings. The summed E-state index contributed by atoms with van der Waals surface area (Å²) >= 11 is 0. The van der Waals surface area contributed by atoms with E-state index in [1.807, 2.05) is 0 Å². The molecular formula is C23H17N3O5S. The average molecular weight is 447 g/mol. The van der Waals surface area contributed by atoms with E-state index < -0.39 is 15.9 Å². The molecule has 0 aliphatic rings. The molecule has 0 aromatic heterocycles. The number of hydrogen-bond acceptors (Lipinski definition) is 6. The van der Waals surface area contributed by atoms with E-state index in [0.29, 0.717) is 10.8 Å². The molecule has 0 spiro atoms. The number of sulfonamides is 1. The van der Waals surface area contributed by atoms with Crippen molar-refractivity contribution >= 4 is 38.1 Å². The Kier molecular flexibility index (Phi) is 5.57. The molecule has 1 amide bonds. The number of benzene rings is 4. The van der Waals surface area contributed by atoms with Gasteiger partial charge < -0.3 is 10.2 Å². The number of carbonyl (C=O) groups is 1. The molecule has 0 aliphatic heterocycles. The van der Waals surface area contributed by atoms with Crippen molar-refractivity contribution in [3.05, 3.63) is 90.5 Å². The fourth-order valence-corrected chi connectivity index (χ4v) is 4.21. The third kappa shape index (κ3) is 4.14. The summed E-state index contributed by atoms with van der Waals surface area (Å²) in [7, 11) is -3.92. The van der Waals surface area contributed by atoms with Crippen molar-refractivity contribution < 1.29 is 23.4 Å². The quantitative estimate of drug-likeness (QED) is 0.294. The topological polar surface area (TPSA) is 128 Å². The van der Waals surface area contributed by atoms with Crippen molar-refractivity contribution in [2.75, 3.05) is 4.72 Å². The van der Waals surface area contributed by atoms with Gasteiger partial charge in [-0.25, -0.2) is 8.42 Å². The maximum Gasteiger partial charge on any atom is 0.299 e. The summed E-state index contributed by atoms with van der Waals surface area (Å²) in [6.45, 7) is 0. The van der Waals surface area contributed by atoms with Crippen LogP contribution in [0.25, 0.3) is 10.8 Å². The Balaban J connectivity index is 1.77. The zero-order chi connectivity index (χ0) is 22.7.